The predicted molar refractivity (Wildman–Crippen MR) is 79.1 cm³/mol. The summed E-state index contributed by atoms with van der Waals surface area (Å²) in [6.07, 6.45) is 0. The van der Waals surface area contributed by atoms with E-state index in [-0.39, 0.29) is 12.3 Å². The molecule has 0 saturated heterocycles. The summed E-state index contributed by atoms with van der Waals surface area (Å²) in [6, 6.07) is 6.56. The molecule has 9 heteroatoms. The van der Waals surface area contributed by atoms with E-state index < -0.39 is 6.61 Å². The fraction of sp³-hybridized carbons (Fsp3) is 0.357. The first kappa shape index (κ1) is 16.7. The Labute approximate surface area is 131 Å². The van der Waals surface area contributed by atoms with Crippen LogP contribution in [0.3, 0.4) is 0 Å². The van der Waals surface area contributed by atoms with Crippen molar-refractivity contribution in [3.63, 3.8) is 0 Å². The zero-order valence-corrected chi connectivity index (χ0v) is 12.7. The van der Waals surface area contributed by atoms with Gasteiger partial charge in [0.15, 0.2) is 11.8 Å². The van der Waals surface area contributed by atoms with Crippen LogP contribution in [0.4, 0.5) is 8.78 Å². The summed E-state index contributed by atoms with van der Waals surface area (Å²) in [6.45, 7) is -0.570. The number of rotatable bonds is 6. The molecular formula is C14H17F2N5O2. The lowest BCUT2D eigenvalue weighted by Crippen LogP contribution is -2.36. The number of nitrogens with one attached hydrogen (secondary N) is 2. The van der Waals surface area contributed by atoms with Gasteiger partial charge in [0.25, 0.3) is 0 Å². The van der Waals surface area contributed by atoms with E-state index >= 15 is 0 Å². The van der Waals surface area contributed by atoms with E-state index in [1.807, 2.05) is 0 Å². The fourth-order valence-corrected chi connectivity index (χ4v) is 1.84. The molecule has 0 unspecified atom stereocenters. The van der Waals surface area contributed by atoms with Gasteiger partial charge in [0, 0.05) is 26.1 Å². The van der Waals surface area contributed by atoms with Gasteiger partial charge in [0.2, 0.25) is 5.89 Å². The van der Waals surface area contributed by atoms with Crippen molar-refractivity contribution in [1.82, 2.24) is 20.8 Å². The summed E-state index contributed by atoms with van der Waals surface area (Å²) in [5, 5.41) is 9.75. The molecule has 7 nitrogen and oxygen atoms in total. The molecule has 0 aliphatic rings. The topological polar surface area (TPSA) is 84.6 Å². The molecule has 124 valence electrons. The third kappa shape index (κ3) is 5.20. The maximum Gasteiger partial charge on any atom is 0.387 e. The molecule has 0 amide bonds. The molecule has 2 N–H and O–H groups in total. The van der Waals surface area contributed by atoms with E-state index in [0.29, 0.717) is 29.8 Å². The van der Waals surface area contributed by atoms with Gasteiger partial charge in [-0.25, -0.2) is 0 Å². The van der Waals surface area contributed by atoms with E-state index in [0.717, 1.165) is 0 Å². The summed E-state index contributed by atoms with van der Waals surface area (Å²) < 4.78 is 34.1. The summed E-state index contributed by atoms with van der Waals surface area (Å²) in [5.74, 6) is 1.56. The van der Waals surface area contributed by atoms with E-state index in [4.69, 9.17) is 4.52 Å². The van der Waals surface area contributed by atoms with Crippen molar-refractivity contribution in [1.29, 1.82) is 0 Å². The minimum absolute atomic E-state index is 0.124. The molecule has 2 rings (SSSR count). The molecule has 0 saturated carbocycles. The van der Waals surface area contributed by atoms with Gasteiger partial charge >= 0.3 is 6.61 Å². The molecule has 0 spiro atoms. The Kier molecular flexibility index (Phi) is 5.84. The highest BCUT2D eigenvalue weighted by Gasteiger charge is 2.10. The first-order valence-corrected chi connectivity index (χ1v) is 6.85. The molecule has 0 fully saturated rings. The van der Waals surface area contributed by atoms with Crippen LogP contribution < -0.4 is 15.4 Å². The van der Waals surface area contributed by atoms with Gasteiger partial charge in [0.1, 0.15) is 5.75 Å². The molecule has 0 aliphatic carbocycles. The van der Waals surface area contributed by atoms with Crippen molar-refractivity contribution in [2.75, 3.05) is 7.05 Å². The molecule has 23 heavy (non-hydrogen) atoms. The van der Waals surface area contributed by atoms with Crippen molar-refractivity contribution in [2.24, 2.45) is 4.99 Å². The van der Waals surface area contributed by atoms with Gasteiger partial charge in [-0.3, -0.25) is 4.99 Å². The normalized spacial score (nSPS) is 11.6. The highest BCUT2D eigenvalue weighted by atomic mass is 19.3. The third-order valence-corrected chi connectivity index (χ3v) is 2.84. The molecule has 2 aromatic rings. The molecular weight excluding hydrogens is 308 g/mol. The number of hydrogen-bond donors (Lipinski definition) is 2. The van der Waals surface area contributed by atoms with Gasteiger partial charge in [-0.1, -0.05) is 23.4 Å². The van der Waals surface area contributed by atoms with Crippen LogP contribution in [0, 0.1) is 6.92 Å². The van der Waals surface area contributed by atoms with E-state index in [1.165, 1.54) is 6.07 Å². The number of guanidine groups is 1. The van der Waals surface area contributed by atoms with Crippen LogP contribution in [0.2, 0.25) is 0 Å². The van der Waals surface area contributed by atoms with Crippen LogP contribution in [0.1, 0.15) is 17.3 Å². The molecule has 0 atom stereocenters. The van der Waals surface area contributed by atoms with Gasteiger partial charge in [-0.2, -0.15) is 13.8 Å². The van der Waals surface area contributed by atoms with Crippen molar-refractivity contribution in [3.8, 4) is 5.75 Å². The second-order valence-electron chi connectivity index (χ2n) is 4.50. The lowest BCUT2D eigenvalue weighted by molar-refractivity contribution is -0.0504. The van der Waals surface area contributed by atoms with Crippen LogP contribution in [-0.4, -0.2) is 29.8 Å². The first-order valence-electron chi connectivity index (χ1n) is 6.85. The Balaban J connectivity index is 1.90. The summed E-state index contributed by atoms with van der Waals surface area (Å²) in [7, 11) is 1.60. The Morgan fingerprint density at radius 1 is 1.30 bits per heavy atom. The van der Waals surface area contributed by atoms with E-state index in [2.05, 4.69) is 30.5 Å². The summed E-state index contributed by atoms with van der Waals surface area (Å²) in [5.41, 5.74) is 0.589. The lowest BCUT2D eigenvalue weighted by atomic mass is 10.2. The fourth-order valence-electron chi connectivity index (χ4n) is 1.84. The number of halogens is 2. The third-order valence-electron chi connectivity index (χ3n) is 2.84. The number of aryl methyl sites for hydroxylation is 1. The molecule has 0 radical (unpaired) electrons. The minimum Gasteiger partial charge on any atom is -0.434 e. The molecule has 1 aromatic heterocycles. The van der Waals surface area contributed by atoms with Crippen LogP contribution in [0.25, 0.3) is 0 Å². The molecule has 1 aromatic carbocycles. The summed E-state index contributed by atoms with van der Waals surface area (Å²) in [4.78, 5) is 8.09. The average molecular weight is 325 g/mol. The number of aromatic nitrogens is 2. The van der Waals surface area contributed by atoms with E-state index in [1.54, 1.807) is 32.2 Å². The number of hydrogen-bond acceptors (Lipinski definition) is 5. The highest BCUT2D eigenvalue weighted by molar-refractivity contribution is 5.79. The highest BCUT2D eigenvalue weighted by Crippen LogP contribution is 2.19. The quantitative estimate of drug-likeness (QED) is 0.623. The van der Waals surface area contributed by atoms with Crippen LogP contribution in [0.5, 0.6) is 5.75 Å². The number of aliphatic imine (C=N–C) groups is 1. The monoisotopic (exact) mass is 325 g/mol. The van der Waals surface area contributed by atoms with Crippen molar-refractivity contribution >= 4 is 5.96 Å². The van der Waals surface area contributed by atoms with Gasteiger partial charge in [-0.05, 0) is 6.07 Å². The number of para-hydroxylation sites is 1. The van der Waals surface area contributed by atoms with Gasteiger partial charge in [-0.15, -0.1) is 0 Å². The second-order valence-corrected chi connectivity index (χ2v) is 4.50. The lowest BCUT2D eigenvalue weighted by Gasteiger charge is -2.13. The number of nitrogens with zero attached hydrogens (tertiary/aromatic N) is 3. The number of alkyl halides is 2. The van der Waals surface area contributed by atoms with Crippen molar-refractivity contribution in [2.45, 2.75) is 26.6 Å². The average Bonchev–Trinajstić information content (AvgIpc) is 2.94. The van der Waals surface area contributed by atoms with Crippen LogP contribution in [-0.2, 0) is 13.1 Å². The SMILES string of the molecule is CN=C(NCc1noc(C)n1)NCc1ccccc1OC(F)F. The van der Waals surface area contributed by atoms with Crippen molar-refractivity contribution in [3.05, 3.63) is 41.5 Å². The Bertz CT molecular complexity index is 660. The van der Waals surface area contributed by atoms with Gasteiger partial charge in [0.05, 0.1) is 6.54 Å². The summed E-state index contributed by atoms with van der Waals surface area (Å²) >= 11 is 0. The predicted octanol–water partition coefficient (Wildman–Crippen LogP) is 1.84. The Morgan fingerprint density at radius 3 is 2.70 bits per heavy atom. The zero-order chi connectivity index (χ0) is 16.7. The zero-order valence-electron chi connectivity index (χ0n) is 12.7. The maximum atomic E-state index is 12.4. The minimum atomic E-state index is -2.87. The molecule has 0 bridgehead atoms. The Morgan fingerprint density at radius 2 is 2.04 bits per heavy atom. The number of benzene rings is 1. The first-order chi connectivity index (χ1) is 11.1. The smallest absolute Gasteiger partial charge is 0.387 e. The van der Waals surface area contributed by atoms with Gasteiger partial charge < -0.3 is 19.9 Å². The molecule has 1 heterocycles. The van der Waals surface area contributed by atoms with Crippen LogP contribution >= 0.6 is 0 Å². The van der Waals surface area contributed by atoms with Crippen molar-refractivity contribution < 1.29 is 18.0 Å². The van der Waals surface area contributed by atoms with E-state index in [9.17, 15) is 8.78 Å². The standard InChI is InChI=1S/C14H17F2N5O2/c1-9-20-12(21-23-9)8-19-14(17-2)18-7-10-5-3-4-6-11(10)22-13(15)16/h3-6,13H,7-8H2,1-2H3,(H2,17,18,19). The number of ether oxygens (including phenoxy) is 1. The molecule has 0 aliphatic heterocycles. The van der Waals surface area contributed by atoms with Crippen LogP contribution in [0.15, 0.2) is 33.8 Å². The Hall–Kier alpha value is -2.71. The second kappa shape index (κ2) is 8.06. The maximum absolute atomic E-state index is 12.4. The largest absolute Gasteiger partial charge is 0.434 e.